The van der Waals surface area contributed by atoms with Crippen molar-refractivity contribution in [3.8, 4) is 5.75 Å². The monoisotopic (exact) mass is 389 g/mol. The fraction of sp³-hybridized carbons (Fsp3) is 0.429. The summed E-state index contributed by atoms with van der Waals surface area (Å²) in [5, 5.41) is 4.80. The molecule has 2 rings (SSSR count). The summed E-state index contributed by atoms with van der Waals surface area (Å²) in [7, 11) is 1.34. The van der Waals surface area contributed by atoms with E-state index in [1.165, 1.54) is 24.0 Å². The van der Waals surface area contributed by atoms with E-state index < -0.39 is 12.1 Å². The number of rotatable bonds is 8. The third kappa shape index (κ3) is 5.82. The summed E-state index contributed by atoms with van der Waals surface area (Å²) in [6, 6.07) is 9.21. The van der Waals surface area contributed by atoms with Crippen LogP contribution in [0.3, 0.4) is 0 Å². The average Bonchev–Trinajstić information content (AvgIpc) is 3.15. The van der Waals surface area contributed by atoms with Gasteiger partial charge in [0.1, 0.15) is 5.75 Å². The SMILES string of the molecule is COC(=O)CC(NC(=O)C(C)Oc1ccc(C(C)C)c(C)c1)c1cccs1. The molecule has 1 N–H and O–H groups in total. The fourth-order valence-corrected chi connectivity index (χ4v) is 3.66. The summed E-state index contributed by atoms with van der Waals surface area (Å²) in [4.78, 5) is 25.2. The summed E-state index contributed by atoms with van der Waals surface area (Å²) < 4.78 is 10.6. The number of ether oxygens (including phenoxy) is 2. The maximum atomic E-state index is 12.6. The highest BCUT2D eigenvalue weighted by Crippen LogP contribution is 2.25. The first-order chi connectivity index (χ1) is 12.8. The maximum absolute atomic E-state index is 12.6. The molecule has 27 heavy (non-hydrogen) atoms. The van der Waals surface area contributed by atoms with E-state index in [0.29, 0.717) is 11.7 Å². The standard InChI is InChI=1S/C21H27NO4S/c1-13(2)17-9-8-16(11-14(17)3)26-15(4)21(24)22-18(12-20(23)25-5)19-7-6-10-27-19/h6-11,13,15,18H,12H2,1-5H3,(H,22,24). The van der Waals surface area contributed by atoms with Crippen molar-refractivity contribution in [2.45, 2.75) is 52.2 Å². The minimum absolute atomic E-state index is 0.0810. The zero-order chi connectivity index (χ0) is 20.0. The molecule has 2 unspecified atom stereocenters. The Bertz CT molecular complexity index is 770. The molecule has 0 radical (unpaired) electrons. The number of amides is 1. The molecule has 2 atom stereocenters. The number of methoxy groups -OCH3 is 1. The lowest BCUT2D eigenvalue weighted by molar-refractivity contribution is -0.141. The molecule has 1 aromatic carbocycles. The Hall–Kier alpha value is -2.34. The number of carbonyl (C=O) groups excluding carboxylic acids is 2. The Balaban J connectivity index is 2.04. The molecule has 0 aliphatic rings. The van der Waals surface area contributed by atoms with Crippen LogP contribution < -0.4 is 10.1 Å². The van der Waals surface area contributed by atoms with Gasteiger partial charge in [0.05, 0.1) is 19.6 Å². The second-order valence-electron chi connectivity index (χ2n) is 6.79. The van der Waals surface area contributed by atoms with Gasteiger partial charge in [0, 0.05) is 4.88 Å². The van der Waals surface area contributed by atoms with Gasteiger partial charge in [0.2, 0.25) is 0 Å². The van der Waals surface area contributed by atoms with Crippen LogP contribution in [0.4, 0.5) is 0 Å². The van der Waals surface area contributed by atoms with Crippen LogP contribution in [0.25, 0.3) is 0 Å². The molecule has 146 valence electrons. The van der Waals surface area contributed by atoms with Gasteiger partial charge in [-0.05, 0) is 54.5 Å². The second kappa shape index (κ2) is 9.55. The summed E-state index contributed by atoms with van der Waals surface area (Å²) in [5.74, 6) is 0.440. The predicted molar refractivity (Wildman–Crippen MR) is 107 cm³/mol. The highest BCUT2D eigenvalue weighted by atomic mass is 32.1. The quantitative estimate of drug-likeness (QED) is 0.681. The first kappa shape index (κ1) is 21.0. The van der Waals surface area contributed by atoms with Crippen LogP contribution in [0.15, 0.2) is 35.7 Å². The lowest BCUT2D eigenvalue weighted by Crippen LogP contribution is -2.39. The highest BCUT2D eigenvalue weighted by molar-refractivity contribution is 7.10. The van der Waals surface area contributed by atoms with Crippen LogP contribution in [0.1, 0.15) is 55.2 Å². The number of carbonyl (C=O) groups is 2. The Morgan fingerprint density at radius 2 is 1.93 bits per heavy atom. The zero-order valence-corrected chi connectivity index (χ0v) is 17.3. The molecular formula is C21H27NO4S. The third-order valence-electron chi connectivity index (χ3n) is 4.35. The Labute approximate surface area is 164 Å². The molecular weight excluding hydrogens is 362 g/mol. The van der Waals surface area contributed by atoms with Crippen molar-refractivity contribution in [3.05, 3.63) is 51.7 Å². The molecule has 5 nitrogen and oxygen atoms in total. The Morgan fingerprint density at radius 3 is 2.48 bits per heavy atom. The van der Waals surface area contributed by atoms with Crippen molar-refractivity contribution in [1.82, 2.24) is 5.32 Å². The molecule has 0 aliphatic heterocycles. The molecule has 0 saturated carbocycles. The molecule has 0 spiro atoms. The lowest BCUT2D eigenvalue weighted by Gasteiger charge is -2.21. The molecule has 1 aromatic heterocycles. The van der Waals surface area contributed by atoms with E-state index in [4.69, 9.17) is 9.47 Å². The summed E-state index contributed by atoms with van der Waals surface area (Å²) in [6.07, 6.45) is -0.605. The second-order valence-corrected chi connectivity index (χ2v) is 7.77. The van der Waals surface area contributed by atoms with Gasteiger partial charge >= 0.3 is 5.97 Å². The summed E-state index contributed by atoms with van der Waals surface area (Å²) >= 11 is 1.48. The molecule has 0 saturated heterocycles. The number of aryl methyl sites for hydroxylation is 1. The Kier molecular flexibility index (Phi) is 7.42. The van der Waals surface area contributed by atoms with Crippen molar-refractivity contribution in [2.75, 3.05) is 7.11 Å². The van der Waals surface area contributed by atoms with E-state index in [-0.39, 0.29) is 18.3 Å². The first-order valence-corrected chi connectivity index (χ1v) is 9.87. The van der Waals surface area contributed by atoms with Gasteiger partial charge in [-0.2, -0.15) is 0 Å². The number of nitrogens with one attached hydrogen (secondary N) is 1. The summed E-state index contributed by atoms with van der Waals surface area (Å²) in [5.41, 5.74) is 2.40. The summed E-state index contributed by atoms with van der Waals surface area (Å²) in [6.45, 7) is 8.02. The van der Waals surface area contributed by atoms with E-state index in [1.54, 1.807) is 6.92 Å². The number of hydrogen-bond donors (Lipinski definition) is 1. The van der Waals surface area contributed by atoms with Gasteiger partial charge in [-0.1, -0.05) is 26.0 Å². The first-order valence-electron chi connectivity index (χ1n) is 8.99. The average molecular weight is 390 g/mol. The normalized spacial score (nSPS) is 13.1. The number of hydrogen-bond acceptors (Lipinski definition) is 5. The predicted octanol–water partition coefficient (Wildman–Crippen LogP) is 4.37. The maximum Gasteiger partial charge on any atom is 0.307 e. The molecule has 0 bridgehead atoms. The van der Waals surface area contributed by atoms with E-state index in [1.807, 2.05) is 42.6 Å². The number of esters is 1. The third-order valence-corrected chi connectivity index (χ3v) is 5.33. The van der Waals surface area contributed by atoms with E-state index in [2.05, 4.69) is 19.2 Å². The van der Waals surface area contributed by atoms with Gasteiger partial charge in [-0.3, -0.25) is 9.59 Å². The van der Waals surface area contributed by atoms with Gasteiger partial charge in [0.15, 0.2) is 6.10 Å². The minimum atomic E-state index is -0.686. The smallest absolute Gasteiger partial charge is 0.307 e. The van der Waals surface area contributed by atoms with Gasteiger partial charge in [-0.15, -0.1) is 11.3 Å². The molecule has 0 fully saturated rings. The van der Waals surface area contributed by atoms with E-state index in [0.717, 1.165) is 10.4 Å². The number of thiophene rings is 1. The van der Waals surface area contributed by atoms with Crippen LogP contribution in [-0.4, -0.2) is 25.1 Å². The van der Waals surface area contributed by atoms with E-state index >= 15 is 0 Å². The largest absolute Gasteiger partial charge is 0.481 e. The van der Waals surface area contributed by atoms with Crippen molar-refractivity contribution >= 4 is 23.2 Å². The van der Waals surface area contributed by atoms with Crippen LogP contribution in [-0.2, 0) is 14.3 Å². The molecule has 6 heteroatoms. The van der Waals surface area contributed by atoms with Crippen LogP contribution in [0.5, 0.6) is 5.75 Å². The molecule has 2 aromatic rings. The molecule has 1 amide bonds. The van der Waals surface area contributed by atoms with Crippen LogP contribution >= 0.6 is 11.3 Å². The van der Waals surface area contributed by atoms with Crippen molar-refractivity contribution in [3.63, 3.8) is 0 Å². The minimum Gasteiger partial charge on any atom is -0.481 e. The molecule has 0 aliphatic carbocycles. The highest BCUT2D eigenvalue weighted by Gasteiger charge is 2.23. The van der Waals surface area contributed by atoms with Crippen LogP contribution in [0, 0.1) is 6.92 Å². The molecule has 1 heterocycles. The van der Waals surface area contributed by atoms with Crippen molar-refractivity contribution in [2.24, 2.45) is 0 Å². The van der Waals surface area contributed by atoms with Crippen LogP contribution in [0.2, 0.25) is 0 Å². The Morgan fingerprint density at radius 1 is 1.19 bits per heavy atom. The van der Waals surface area contributed by atoms with Crippen molar-refractivity contribution < 1.29 is 19.1 Å². The lowest BCUT2D eigenvalue weighted by atomic mass is 9.98. The van der Waals surface area contributed by atoms with Gasteiger partial charge in [0.25, 0.3) is 5.91 Å². The van der Waals surface area contributed by atoms with Gasteiger partial charge in [-0.25, -0.2) is 0 Å². The van der Waals surface area contributed by atoms with Crippen molar-refractivity contribution in [1.29, 1.82) is 0 Å². The fourth-order valence-electron chi connectivity index (χ4n) is 2.88. The van der Waals surface area contributed by atoms with Gasteiger partial charge < -0.3 is 14.8 Å². The zero-order valence-electron chi connectivity index (χ0n) is 16.4. The van der Waals surface area contributed by atoms with E-state index in [9.17, 15) is 9.59 Å². The number of benzene rings is 1. The topological polar surface area (TPSA) is 64.6 Å².